The van der Waals surface area contributed by atoms with E-state index in [4.69, 9.17) is 4.74 Å². The van der Waals surface area contributed by atoms with Crippen molar-refractivity contribution in [3.8, 4) is 5.75 Å². The highest BCUT2D eigenvalue weighted by Crippen LogP contribution is 2.41. The van der Waals surface area contributed by atoms with Crippen LogP contribution in [0.4, 0.5) is 5.82 Å². The van der Waals surface area contributed by atoms with Gasteiger partial charge in [0.2, 0.25) is 0 Å². The molecule has 0 spiro atoms. The zero-order valence-corrected chi connectivity index (χ0v) is 15.2. The third kappa shape index (κ3) is 3.29. The van der Waals surface area contributed by atoms with E-state index in [2.05, 4.69) is 20.8 Å². The molecule has 0 aliphatic carbocycles. The number of rotatable bonds is 4. The Hall–Kier alpha value is -3.74. The number of nitrogens with zero attached hydrogens (tertiary/aromatic N) is 2. The number of hydrogen-bond acceptors (Lipinski definition) is 5. The number of amides is 2. The predicted octanol–water partition coefficient (Wildman–Crippen LogP) is 2.61. The average molecular weight is 374 g/mol. The largest absolute Gasteiger partial charge is 0.491 e. The molecule has 0 saturated heterocycles. The molecule has 1 unspecified atom stereocenters. The molecular weight excluding hydrogens is 356 g/mol. The Morgan fingerprint density at radius 2 is 1.89 bits per heavy atom. The molecule has 0 fully saturated rings. The van der Waals surface area contributed by atoms with Crippen LogP contribution in [-0.4, -0.2) is 35.7 Å². The van der Waals surface area contributed by atoms with E-state index in [0.29, 0.717) is 29.3 Å². The molecule has 2 N–H and O–H groups in total. The predicted molar refractivity (Wildman–Crippen MR) is 104 cm³/mol. The maximum Gasteiger partial charge on any atom is 0.256 e. The number of benzene rings is 2. The minimum absolute atomic E-state index is 0.0520. The third-order valence-electron chi connectivity index (χ3n) is 4.64. The average Bonchev–Trinajstić information content (AvgIpc) is 3.18. The molecule has 2 aromatic carbocycles. The van der Waals surface area contributed by atoms with Gasteiger partial charge in [-0.2, -0.15) is 5.10 Å². The van der Waals surface area contributed by atoms with Gasteiger partial charge in [-0.1, -0.05) is 30.3 Å². The summed E-state index contributed by atoms with van der Waals surface area (Å²) in [7, 11) is 1.55. The summed E-state index contributed by atoms with van der Waals surface area (Å²) in [6.07, 6.45) is 1.52. The fourth-order valence-electron chi connectivity index (χ4n) is 3.28. The van der Waals surface area contributed by atoms with Gasteiger partial charge in [0.25, 0.3) is 11.8 Å². The molecule has 7 nitrogen and oxygen atoms in total. The Kier molecular flexibility index (Phi) is 4.72. The van der Waals surface area contributed by atoms with Crippen molar-refractivity contribution >= 4 is 17.6 Å². The number of fused-ring (bicyclic) bond motifs is 1. The first-order chi connectivity index (χ1) is 13.7. The zero-order chi connectivity index (χ0) is 19.5. The van der Waals surface area contributed by atoms with E-state index in [1.165, 1.54) is 12.3 Å². The summed E-state index contributed by atoms with van der Waals surface area (Å²) in [6.45, 7) is 0.415. The normalized spacial score (nSPS) is 14.7. The van der Waals surface area contributed by atoms with Crippen LogP contribution >= 0.6 is 0 Å². The number of ether oxygens (including phenoxy) is 1. The van der Waals surface area contributed by atoms with Gasteiger partial charge in [0, 0.05) is 30.3 Å². The summed E-state index contributed by atoms with van der Waals surface area (Å²) in [5.74, 6) is 0.129. The summed E-state index contributed by atoms with van der Waals surface area (Å²) >= 11 is 0. The molecule has 0 saturated carbocycles. The van der Waals surface area contributed by atoms with Gasteiger partial charge in [-0.05, 0) is 29.8 Å². The number of aromatic nitrogens is 2. The zero-order valence-electron chi connectivity index (χ0n) is 15.2. The van der Waals surface area contributed by atoms with Gasteiger partial charge in [-0.15, -0.1) is 5.10 Å². The second-order valence-electron chi connectivity index (χ2n) is 6.36. The Morgan fingerprint density at radius 3 is 2.61 bits per heavy atom. The highest BCUT2D eigenvalue weighted by molar-refractivity contribution is 6.07. The van der Waals surface area contributed by atoms with Gasteiger partial charge in [0.1, 0.15) is 5.75 Å². The fourth-order valence-corrected chi connectivity index (χ4v) is 3.28. The molecular formula is C21H18N4O3. The van der Waals surface area contributed by atoms with Crippen molar-refractivity contribution in [2.45, 2.75) is 5.92 Å². The lowest BCUT2D eigenvalue weighted by atomic mass is 9.90. The fraction of sp³-hybridized carbons (Fsp3) is 0.143. The Labute approximate surface area is 161 Å². The highest BCUT2D eigenvalue weighted by Gasteiger charge is 2.31. The molecule has 4 rings (SSSR count). The van der Waals surface area contributed by atoms with Crippen molar-refractivity contribution in [2.24, 2.45) is 0 Å². The first kappa shape index (κ1) is 17.7. The molecule has 140 valence electrons. The Morgan fingerprint density at radius 1 is 1.07 bits per heavy atom. The van der Waals surface area contributed by atoms with E-state index in [0.717, 1.165) is 11.1 Å². The first-order valence-corrected chi connectivity index (χ1v) is 8.84. The van der Waals surface area contributed by atoms with Crippen LogP contribution in [0.2, 0.25) is 0 Å². The number of hydrogen-bond donors (Lipinski definition) is 2. The first-order valence-electron chi connectivity index (χ1n) is 8.84. The van der Waals surface area contributed by atoms with E-state index < -0.39 is 0 Å². The summed E-state index contributed by atoms with van der Waals surface area (Å²) in [6, 6.07) is 16.5. The highest BCUT2D eigenvalue weighted by atomic mass is 16.5. The summed E-state index contributed by atoms with van der Waals surface area (Å²) < 4.78 is 5.86. The molecule has 7 heteroatoms. The van der Waals surface area contributed by atoms with Crippen LogP contribution in [-0.2, 0) is 0 Å². The van der Waals surface area contributed by atoms with Crippen molar-refractivity contribution < 1.29 is 14.3 Å². The lowest BCUT2D eigenvalue weighted by Crippen LogP contribution is -2.20. The van der Waals surface area contributed by atoms with E-state index in [1.807, 2.05) is 30.3 Å². The number of anilines is 1. The van der Waals surface area contributed by atoms with Crippen molar-refractivity contribution in [3.63, 3.8) is 0 Å². The maximum atomic E-state index is 12.8. The van der Waals surface area contributed by atoms with Crippen molar-refractivity contribution in [3.05, 3.63) is 83.0 Å². The van der Waals surface area contributed by atoms with Gasteiger partial charge < -0.3 is 15.4 Å². The quantitative estimate of drug-likeness (QED) is 0.732. The van der Waals surface area contributed by atoms with E-state index in [-0.39, 0.29) is 17.7 Å². The molecule has 1 aliphatic heterocycles. The summed E-state index contributed by atoms with van der Waals surface area (Å²) in [5.41, 5.74) is 2.57. The SMILES string of the molecule is CNC(=O)c1cc(C(=O)Nc2cccnn2)cc2c1OCC2c1ccccc1. The van der Waals surface area contributed by atoms with Gasteiger partial charge >= 0.3 is 0 Å². The van der Waals surface area contributed by atoms with Crippen LogP contribution in [0.1, 0.15) is 37.8 Å². The van der Waals surface area contributed by atoms with Crippen molar-refractivity contribution in [1.82, 2.24) is 15.5 Å². The molecule has 3 aromatic rings. The molecule has 1 atom stereocenters. The Bertz CT molecular complexity index is 1020. The maximum absolute atomic E-state index is 12.8. The molecule has 2 amide bonds. The molecule has 1 aliphatic rings. The second kappa shape index (κ2) is 7.48. The van der Waals surface area contributed by atoms with Crippen LogP contribution < -0.4 is 15.4 Å². The molecule has 1 aromatic heterocycles. The molecule has 0 bridgehead atoms. The van der Waals surface area contributed by atoms with Crippen LogP contribution in [0.5, 0.6) is 5.75 Å². The number of carbonyl (C=O) groups is 2. The number of nitrogens with one attached hydrogen (secondary N) is 2. The second-order valence-corrected chi connectivity index (χ2v) is 6.36. The molecule has 28 heavy (non-hydrogen) atoms. The van der Waals surface area contributed by atoms with Crippen molar-refractivity contribution in [1.29, 1.82) is 0 Å². The standard InChI is InChI=1S/C21H18N4O3/c1-22-21(27)16-11-14(20(26)24-18-8-5-9-23-25-18)10-15-17(12-28-19(15)16)13-6-3-2-4-7-13/h2-11,17H,12H2,1H3,(H,22,27)(H,24,25,26). The lowest BCUT2D eigenvalue weighted by molar-refractivity contribution is 0.0960. The number of carbonyl (C=O) groups excluding carboxylic acids is 2. The van der Waals surface area contributed by atoms with Crippen LogP contribution in [0.3, 0.4) is 0 Å². The van der Waals surface area contributed by atoms with Gasteiger partial charge in [0.05, 0.1) is 12.2 Å². The Balaban J connectivity index is 1.76. The van der Waals surface area contributed by atoms with Crippen LogP contribution in [0.25, 0.3) is 0 Å². The van der Waals surface area contributed by atoms with Crippen LogP contribution in [0, 0.1) is 0 Å². The monoisotopic (exact) mass is 374 g/mol. The van der Waals surface area contributed by atoms with Gasteiger partial charge in [-0.25, -0.2) is 0 Å². The van der Waals surface area contributed by atoms with Crippen LogP contribution in [0.15, 0.2) is 60.8 Å². The van der Waals surface area contributed by atoms with E-state index in [9.17, 15) is 9.59 Å². The summed E-state index contributed by atoms with van der Waals surface area (Å²) in [4.78, 5) is 25.2. The molecule has 2 heterocycles. The molecule has 0 radical (unpaired) electrons. The smallest absolute Gasteiger partial charge is 0.256 e. The topological polar surface area (TPSA) is 93.2 Å². The van der Waals surface area contributed by atoms with Crippen molar-refractivity contribution in [2.75, 3.05) is 19.0 Å². The summed E-state index contributed by atoms with van der Waals surface area (Å²) in [5, 5.41) is 12.9. The lowest BCUT2D eigenvalue weighted by Gasteiger charge is -2.13. The van der Waals surface area contributed by atoms with E-state index in [1.54, 1.807) is 25.2 Å². The van der Waals surface area contributed by atoms with E-state index >= 15 is 0 Å². The van der Waals surface area contributed by atoms with Gasteiger partial charge in [-0.3, -0.25) is 9.59 Å². The third-order valence-corrected chi connectivity index (χ3v) is 4.64. The minimum atomic E-state index is -0.368. The van der Waals surface area contributed by atoms with Gasteiger partial charge in [0.15, 0.2) is 5.82 Å². The minimum Gasteiger partial charge on any atom is -0.491 e.